The van der Waals surface area contributed by atoms with Gasteiger partial charge < -0.3 is 34.3 Å². The number of allylic oxidation sites excluding steroid dienone is 9. The molecular formula is C45H74O12S. The SMILES string of the molecule is CC/C=C/C/C=C/C/C=C/C/C=C/CCCCC(=O)OC[C@H](CO[C@H]1O[C@H](CS(=O)(=O)O)[C@@H](O)C(O)C1O)OC(=O)CCCCCCCC=C=CCCCCCCC. The highest BCUT2D eigenvalue weighted by atomic mass is 32.2. The van der Waals surface area contributed by atoms with E-state index in [2.05, 4.69) is 80.3 Å². The van der Waals surface area contributed by atoms with Crippen LogP contribution in [0.5, 0.6) is 0 Å². The Labute approximate surface area is 348 Å². The second-order valence-electron chi connectivity index (χ2n) is 14.7. The molecule has 1 saturated heterocycles. The largest absolute Gasteiger partial charge is 0.462 e. The Morgan fingerprint density at radius 3 is 1.81 bits per heavy atom. The van der Waals surface area contributed by atoms with E-state index in [-0.39, 0.29) is 19.4 Å². The van der Waals surface area contributed by atoms with Crippen molar-refractivity contribution in [2.45, 2.75) is 185 Å². The molecule has 0 spiro atoms. The molecule has 332 valence electrons. The lowest BCUT2D eigenvalue weighted by Crippen LogP contribution is -2.60. The molecule has 1 rings (SSSR count). The number of hydrogen-bond donors (Lipinski definition) is 4. The summed E-state index contributed by atoms with van der Waals surface area (Å²) in [7, 11) is -4.61. The van der Waals surface area contributed by atoms with Gasteiger partial charge in [0.1, 0.15) is 36.8 Å². The van der Waals surface area contributed by atoms with E-state index < -0.39 is 71.2 Å². The molecule has 12 nitrogen and oxygen atoms in total. The van der Waals surface area contributed by atoms with Crippen LogP contribution >= 0.6 is 0 Å². The Kier molecular flexibility index (Phi) is 32.0. The number of aliphatic hydroxyl groups is 3. The average Bonchev–Trinajstić information content (AvgIpc) is 3.18. The molecule has 0 bridgehead atoms. The van der Waals surface area contributed by atoms with Crippen LogP contribution in [0.15, 0.2) is 66.5 Å². The summed E-state index contributed by atoms with van der Waals surface area (Å²) in [5.41, 5.74) is 3.27. The van der Waals surface area contributed by atoms with Crippen LogP contribution in [0.3, 0.4) is 0 Å². The first kappa shape index (κ1) is 53.1. The maximum atomic E-state index is 12.8. The number of hydrogen-bond acceptors (Lipinski definition) is 11. The maximum absolute atomic E-state index is 12.8. The lowest BCUT2D eigenvalue weighted by atomic mass is 10.00. The molecule has 0 aromatic carbocycles. The van der Waals surface area contributed by atoms with Crippen molar-refractivity contribution in [3.05, 3.63) is 66.5 Å². The van der Waals surface area contributed by atoms with Crippen molar-refractivity contribution in [2.75, 3.05) is 19.0 Å². The van der Waals surface area contributed by atoms with Gasteiger partial charge in [-0.3, -0.25) is 14.1 Å². The van der Waals surface area contributed by atoms with E-state index >= 15 is 0 Å². The van der Waals surface area contributed by atoms with E-state index in [1.807, 2.05) is 0 Å². The Hall–Kier alpha value is -2.87. The van der Waals surface area contributed by atoms with Gasteiger partial charge in [-0.1, -0.05) is 107 Å². The second-order valence-corrected chi connectivity index (χ2v) is 16.2. The minimum Gasteiger partial charge on any atom is -0.462 e. The van der Waals surface area contributed by atoms with Crippen LogP contribution in [0.1, 0.15) is 149 Å². The molecule has 0 aromatic rings. The molecule has 0 aliphatic carbocycles. The summed E-state index contributed by atoms with van der Waals surface area (Å²) < 4.78 is 53.9. The zero-order chi connectivity index (χ0) is 42.7. The topological polar surface area (TPSA) is 186 Å². The van der Waals surface area contributed by atoms with E-state index in [0.29, 0.717) is 12.8 Å². The first-order valence-corrected chi connectivity index (χ1v) is 23.2. The molecule has 0 saturated carbocycles. The van der Waals surface area contributed by atoms with E-state index in [4.69, 9.17) is 18.9 Å². The van der Waals surface area contributed by atoms with Gasteiger partial charge >= 0.3 is 11.9 Å². The van der Waals surface area contributed by atoms with Crippen LogP contribution in [-0.2, 0) is 38.7 Å². The van der Waals surface area contributed by atoms with Gasteiger partial charge in [0.2, 0.25) is 0 Å². The standard InChI is InChI=1S/C45H74O12S/c1-3-5-7-9-11-13-15-17-19-21-23-25-27-29-31-33-40(46)54-35-38(36-55-45-44(50)43(49)42(48)39(57-45)37-58(51,52)53)56-41(47)34-32-30-28-26-24-22-20-18-16-14-12-10-8-6-4-2/h5,7,11,13,16-17,19-20,23,25,38-39,42-45,48-50H,3-4,6,8-10,12,14-15,21-22,24,26-37H2,1-2H3,(H,51,52,53)/b7-5+,13-11+,19-17+,25-23+/t18?,38-,39-,42-,43?,44?,45+/m1/s1. The Morgan fingerprint density at radius 1 is 0.655 bits per heavy atom. The normalized spacial score (nSPS) is 20.6. The van der Waals surface area contributed by atoms with E-state index in [1.54, 1.807) is 0 Å². The molecule has 1 fully saturated rings. The van der Waals surface area contributed by atoms with Crippen LogP contribution in [-0.4, -0.2) is 96.0 Å². The van der Waals surface area contributed by atoms with Crippen LogP contribution < -0.4 is 0 Å². The fourth-order valence-corrected chi connectivity index (χ4v) is 6.69. The van der Waals surface area contributed by atoms with Gasteiger partial charge in [-0.15, -0.1) is 5.73 Å². The molecule has 2 unspecified atom stereocenters. The minimum atomic E-state index is -4.61. The number of carbonyl (C=O) groups is 2. The van der Waals surface area contributed by atoms with Crippen molar-refractivity contribution < 1.29 is 56.8 Å². The highest BCUT2D eigenvalue weighted by molar-refractivity contribution is 7.85. The molecule has 58 heavy (non-hydrogen) atoms. The molecule has 0 aromatic heterocycles. The van der Waals surface area contributed by atoms with Crippen LogP contribution in [0.25, 0.3) is 0 Å². The van der Waals surface area contributed by atoms with Gasteiger partial charge in [0.25, 0.3) is 10.1 Å². The molecule has 1 aliphatic heterocycles. The highest BCUT2D eigenvalue weighted by Gasteiger charge is 2.46. The lowest BCUT2D eigenvalue weighted by molar-refractivity contribution is -0.297. The Balaban J connectivity index is 2.53. The van der Waals surface area contributed by atoms with Gasteiger partial charge in [0.05, 0.1) is 6.61 Å². The Bertz CT molecular complexity index is 1370. The molecule has 4 N–H and O–H groups in total. The van der Waals surface area contributed by atoms with Crippen molar-refractivity contribution in [1.82, 2.24) is 0 Å². The first-order valence-electron chi connectivity index (χ1n) is 21.6. The van der Waals surface area contributed by atoms with Gasteiger partial charge in [-0.05, 0) is 89.2 Å². The number of rotatable bonds is 34. The van der Waals surface area contributed by atoms with Crippen LogP contribution in [0, 0.1) is 0 Å². The second kappa shape index (κ2) is 34.9. The van der Waals surface area contributed by atoms with Gasteiger partial charge in [0.15, 0.2) is 12.4 Å². The fourth-order valence-electron chi connectivity index (χ4n) is 6.00. The van der Waals surface area contributed by atoms with Crippen molar-refractivity contribution in [3.8, 4) is 0 Å². The molecule has 0 amide bonds. The zero-order valence-corrected chi connectivity index (χ0v) is 36.0. The number of carbonyl (C=O) groups excluding carboxylic acids is 2. The van der Waals surface area contributed by atoms with Crippen molar-refractivity contribution >= 4 is 22.1 Å². The molecule has 0 radical (unpaired) electrons. The third-order valence-corrected chi connectivity index (χ3v) is 10.1. The predicted molar refractivity (Wildman–Crippen MR) is 227 cm³/mol. The summed E-state index contributed by atoms with van der Waals surface area (Å²) in [6, 6.07) is 0. The average molecular weight is 839 g/mol. The summed E-state index contributed by atoms with van der Waals surface area (Å²) >= 11 is 0. The van der Waals surface area contributed by atoms with Crippen molar-refractivity contribution in [1.29, 1.82) is 0 Å². The maximum Gasteiger partial charge on any atom is 0.306 e. The number of esters is 2. The summed E-state index contributed by atoms with van der Waals surface area (Å²) in [5, 5.41) is 30.8. The summed E-state index contributed by atoms with van der Waals surface area (Å²) in [5.74, 6) is -2.07. The fraction of sp³-hybridized carbons (Fsp3) is 0.711. The Morgan fingerprint density at radius 2 is 1.19 bits per heavy atom. The minimum absolute atomic E-state index is 0.131. The van der Waals surface area contributed by atoms with Gasteiger partial charge in [-0.2, -0.15) is 8.42 Å². The number of ether oxygens (including phenoxy) is 4. The molecule has 6 atom stereocenters. The van der Waals surface area contributed by atoms with Crippen LogP contribution in [0.4, 0.5) is 0 Å². The summed E-state index contributed by atoms with van der Waals surface area (Å²) in [4.78, 5) is 25.3. The monoisotopic (exact) mass is 838 g/mol. The molecule has 1 aliphatic rings. The quantitative estimate of drug-likeness (QED) is 0.0160. The molecule has 1 heterocycles. The molecular weight excluding hydrogens is 765 g/mol. The van der Waals surface area contributed by atoms with Crippen molar-refractivity contribution in [2.24, 2.45) is 0 Å². The number of unbranched alkanes of at least 4 members (excludes halogenated alkanes) is 12. The predicted octanol–water partition coefficient (Wildman–Crippen LogP) is 8.32. The first-order chi connectivity index (χ1) is 28.0. The van der Waals surface area contributed by atoms with E-state index in [1.165, 1.54) is 32.1 Å². The van der Waals surface area contributed by atoms with E-state index in [0.717, 1.165) is 77.0 Å². The van der Waals surface area contributed by atoms with E-state index in [9.17, 15) is 37.9 Å². The molecule has 13 heteroatoms. The smallest absolute Gasteiger partial charge is 0.306 e. The summed E-state index contributed by atoms with van der Waals surface area (Å²) in [6.45, 7) is 3.55. The lowest BCUT2D eigenvalue weighted by Gasteiger charge is -2.40. The highest BCUT2D eigenvalue weighted by Crippen LogP contribution is 2.24. The van der Waals surface area contributed by atoms with Gasteiger partial charge in [-0.25, -0.2) is 0 Å². The summed E-state index contributed by atoms with van der Waals surface area (Å²) in [6.07, 6.45) is 30.5. The third-order valence-electron chi connectivity index (χ3n) is 9.36. The zero-order valence-electron chi connectivity index (χ0n) is 35.2. The van der Waals surface area contributed by atoms with Crippen molar-refractivity contribution in [3.63, 3.8) is 0 Å². The van der Waals surface area contributed by atoms with Gasteiger partial charge in [0, 0.05) is 12.8 Å². The van der Waals surface area contributed by atoms with Crippen LogP contribution in [0.2, 0.25) is 0 Å². The number of aliphatic hydroxyl groups excluding tert-OH is 3. The third kappa shape index (κ3) is 29.4.